The van der Waals surface area contributed by atoms with Gasteiger partial charge in [0.1, 0.15) is 0 Å². The first-order valence-electron chi connectivity index (χ1n) is 4.44. The fraction of sp³-hybridized carbons (Fsp3) is 0.400. The Bertz CT molecular complexity index is 310. The zero-order chi connectivity index (χ0) is 9.26. The van der Waals surface area contributed by atoms with E-state index in [1.165, 1.54) is 26.6 Å². The first-order chi connectivity index (χ1) is 6.25. The van der Waals surface area contributed by atoms with Crippen molar-refractivity contribution < 1.29 is 0 Å². The summed E-state index contributed by atoms with van der Waals surface area (Å²) in [5, 5.41) is 3.44. The molecule has 0 bridgehead atoms. The average molecular weight is 352 g/mol. The van der Waals surface area contributed by atoms with Crippen molar-refractivity contribution in [3.63, 3.8) is 0 Å². The number of hydrogen-bond acceptors (Lipinski definition) is 1. The molecule has 1 aromatic carbocycles. The van der Waals surface area contributed by atoms with Gasteiger partial charge in [-0.15, -0.1) is 0 Å². The quantitative estimate of drug-likeness (QED) is 0.815. The Morgan fingerprint density at radius 1 is 1.46 bits per heavy atom. The maximum absolute atomic E-state index is 3.52. The van der Waals surface area contributed by atoms with Crippen LogP contribution in [0.15, 0.2) is 22.7 Å². The van der Waals surface area contributed by atoms with Gasteiger partial charge in [0.2, 0.25) is 0 Å². The van der Waals surface area contributed by atoms with E-state index in [0.717, 1.165) is 12.5 Å². The first kappa shape index (κ1) is 9.77. The van der Waals surface area contributed by atoms with Crippen molar-refractivity contribution in [1.29, 1.82) is 0 Å². The maximum Gasteiger partial charge on any atom is 0.0352 e. The van der Waals surface area contributed by atoms with Gasteiger partial charge in [-0.1, -0.05) is 0 Å². The molecule has 3 heteroatoms. The molecule has 1 N–H and O–H groups in total. The molecule has 13 heavy (non-hydrogen) atoms. The number of nitrogens with one attached hydrogen (secondary N) is 1. The van der Waals surface area contributed by atoms with Crippen LogP contribution in [-0.2, 0) is 0 Å². The van der Waals surface area contributed by atoms with Gasteiger partial charge in [0.25, 0.3) is 0 Å². The third-order valence-electron chi connectivity index (χ3n) is 2.21. The molecule has 1 nitrogen and oxygen atoms in total. The summed E-state index contributed by atoms with van der Waals surface area (Å²) in [6.07, 6.45) is 2.80. The molecule has 70 valence electrons. The lowest BCUT2D eigenvalue weighted by Crippen LogP contribution is -2.02. The van der Waals surface area contributed by atoms with Gasteiger partial charge in [-0.05, 0) is 75.5 Å². The monoisotopic (exact) mass is 351 g/mol. The molecule has 1 aromatic rings. The lowest BCUT2D eigenvalue weighted by molar-refractivity contribution is 0.889. The van der Waals surface area contributed by atoms with Crippen LogP contribution in [0.4, 0.5) is 5.69 Å². The van der Waals surface area contributed by atoms with Crippen molar-refractivity contribution in [2.45, 2.75) is 12.8 Å². The molecular weight excluding hydrogens is 341 g/mol. The Labute approximate surface area is 101 Å². The van der Waals surface area contributed by atoms with Gasteiger partial charge in [0.15, 0.2) is 0 Å². The molecule has 0 heterocycles. The molecule has 0 unspecified atom stereocenters. The van der Waals surface area contributed by atoms with Crippen LogP contribution < -0.4 is 5.32 Å². The molecule has 1 saturated carbocycles. The summed E-state index contributed by atoms with van der Waals surface area (Å²) < 4.78 is 2.43. The smallest absolute Gasteiger partial charge is 0.0352 e. The molecular formula is C10H11BrIN. The zero-order valence-corrected chi connectivity index (χ0v) is 10.9. The Hall–Kier alpha value is 0.230. The third kappa shape index (κ3) is 2.84. The highest BCUT2D eigenvalue weighted by Crippen LogP contribution is 2.29. The molecule has 2 rings (SSSR count). The molecule has 1 fully saturated rings. The Balaban J connectivity index is 1.98. The van der Waals surface area contributed by atoms with Crippen LogP contribution >= 0.6 is 38.5 Å². The topological polar surface area (TPSA) is 12.0 Å². The van der Waals surface area contributed by atoms with Crippen molar-refractivity contribution in [3.05, 3.63) is 26.2 Å². The predicted octanol–water partition coefficient (Wildman–Crippen LogP) is 3.88. The predicted molar refractivity (Wildman–Crippen MR) is 68.1 cm³/mol. The van der Waals surface area contributed by atoms with E-state index in [1.54, 1.807) is 0 Å². The summed E-state index contributed by atoms with van der Waals surface area (Å²) in [6.45, 7) is 1.13. The maximum atomic E-state index is 3.52. The molecule has 0 amide bonds. The van der Waals surface area contributed by atoms with Gasteiger partial charge in [-0.25, -0.2) is 0 Å². The molecule has 0 aliphatic heterocycles. The summed E-state index contributed by atoms with van der Waals surface area (Å²) in [5.74, 6) is 0.929. The number of hydrogen-bond donors (Lipinski definition) is 1. The van der Waals surface area contributed by atoms with Crippen molar-refractivity contribution in [1.82, 2.24) is 0 Å². The Morgan fingerprint density at radius 3 is 2.85 bits per heavy atom. The van der Waals surface area contributed by atoms with E-state index in [9.17, 15) is 0 Å². The van der Waals surface area contributed by atoms with E-state index in [0.29, 0.717) is 0 Å². The highest BCUT2D eigenvalue weighted by atomic mass is 127. The largest absolute Gasteiger partial charge is 0.385 e. The molecule has 0 radical (unpaired) electrons. The van der Waals surface area contributed by atoms with Crippen LogP contribution in [0.1, 0.15) is 12.8 Å². The number of rotatable bonds is 3. The molecule has 1 aliphatic rings. The van der Waals surface area contributed by atoms with Gasteiger partial charge >= 0.3 is 0 Å². The Morgan fingerprint density at radius 2 is 2.23 bits per heavy atom. The summed E-state index contributed by atoms with van der Waals surface area (Å²) >= 11 is 5.84. The first-order valence-corrected chi connectivity index (χ1v) is 6.32. The highest BCUT2D eigenvalue weighted by molar-refractivity contribution is 14.1. The van der Waals surface area contributed by atoms with Gasteiger partial charge < -0.3 is 5.32 Å². The third-order valence-corrected chi connectivity index (χ3v) is 4.55. The fourth-order valence-electron chi connectivity index (χ4n) is 1.19. The van der Waals surface area contributed by atoms with E-state index in [1.807, 2.05) is 0 Å². The lowest BCUT2D eigenvalue weighted by atomic mass is 10.3. The zero-order valence-electron chi connectivity index (χ0n) is 7.19. The van der Waals surface area contributed by atoms with Crippen molar-refractivity contribution >= 4 is 44.2 Å². The van der Waals surface area contributed by atoms with E-state index in [2.05, 4.69) is 62.0 Å². The van der Waals surface area contributed by atoms with Crippen molar-refractivity contribution in [2.24, 2.45) is 5.92 Å². The average Bonchev–Trinajstić information content (AvgIpc) is 2.91. The Kier molecular flexibility index (Phi) is 3.14. The SMILES string of the molecule is Brc1cc(NCC2CC2)ccc1I. The van der Waals surface area contributed by atoms with Crippen LogP contribution in [0.25, 0.3) is 0 Å². The lowest BCUT2D eigenvalue weighted by Gasteiger charge is -2.06. The van der Waals surface area contributed by atoms with Crippen molar-refractivity contribution in [2.75, 3.05) is 11.9 Å². The van der Waals surface area contributed by atoms with E-state index in [-0.39, 0.29) is 0 Å². The fourth-order valence-corrected chi connectivity index (χ4v) is 1.90. The van der Waals surface area contributed by atoms with Crippen LogP contribution in [0.5, 0.6) is 0 Å². The molecule has 0 aromatic heterocycles. The molecule has 1 aliphatic carbocycles. The second-order valence-electron chi connectivity index (χ2n) is 3.45. The van der Waals surface area contributed by atoms with E-state index >= 15 is 0 Å². The minimum atomic E-state index is 0.929. The highest BCUT2D eigenvalue weighted by Gasteiger charge is 2.20. The second kappa shape index (κ2) is 4.17. The second-order valence-corrected chi connectivity index (χ2v) is 5.47. The van der Waals surface area contributed by atoms with Gasteiger partial charge in [0, 0.05) is 20.3 Å². The van der Waals surface area contributed by atoms with Crippen LogP contribution in [0.3, 0.4) is 0 Å². The van der Waals surface area contributed by atoms with Crippen LogP contribution in [-0.4, -0.2) is 6.54 Å². The molecule has 0 spiro atoms. The minimum absolute atomic E-state index is 0.929. The number of halogens is 2. The normalized spacial score (nSPS) is 15.8. The standard InChI is InChI=1S/C10H11BrIN/c11-9-5-8(3-4-10(9)12)13-6-7-1-2-7/h3-5,7,13H,1-2,6H2. The minimum Gasteiger partial charge on any atom is -0.385 e. The van der Waals surface area contributed by atoms with Gasteiger partial charge in [-0.3, -0.25) is 0 Å². The summed E-state index contributed by atoms with van der Waals surface area (Å²) in [6, 6.07) is 6.40. The summed E-state index contributed by atoms with van der Waals surface area (Å²) in [4.78, 5) is 0. The summed E-state index contributed by atoms with van der Waals surface area (Å²) in [5.41, 5.74) is 1.22. The van der Waals surface area contributed by atoms with Crippen molar-refractivity contribution in [3.8, 4) is 0 Å². The summed E-state index contributed by atoms with van der Waals surface area (Å²) in [7, 11) is 0. The number of anilines is 1. The van der Waals surface area contributed by atoms with Crippen LogP contribution in [0, 0.1) is 9.49 Å². The van der Waals surface area contributed by atoms with Gasteiger partial charge in [0.05, 0.1) is 0 Å². The van der Waals surface area contributed by atoms with E-state index < -0.39 is 0 Å². The van der Waals surface area contributed by atoms with Crippen LogP contribution in [0.2, 0.25) is 0 Å². The molecule has 0 saturated heterocycles. The number of benzene rings is 1. The van der Waals surface area contributed by atoms with E-state index in [4.69, 9.17) is 0 Å². The van der Waals surface area contributed by atoms with Gasteiger partial charge in [-0.2, -0.15) is 0 Å². The molecule has 0 atom stereocenters.